The number of rotatable bonds is 5. The average Bonchev–Trinajstić information content (AvgIpc) is 2.54. The Morgan fingerprint density at radius 1 is 1.18 bits per heavy atom. The number of methoxy groups -OCH3 is 2. The molecule has 0 aliphatic heterocycles. The minimum absolute atomic E-state index is 0.0413. The van der Waals surface area contributed by atoms with Crippen LogP contribution in [0.25, 0.3) is 0 Å². The predicted octanol–water partition coefficient (Wildman–Crippen LogP) is 2.54. The molecule has 1 aliphatic carbocycles. The molecular formula is C16H24N2O4. The standard InChI is InChI=1S/C16H24N2O4/c1-21-13-8-11(9-14(22-2)15(13)19)10-17-16(20)18-12-6-4-3-5-7-12/h8-9,12,19H,3-7,10H2,1-2H3,(H2,17,18,20). The van der Waals surface area contributed by atoms with Gasteiger partial charge >= 0.3 is 6.03 Å². The zero-order valence-corrected chi connectivity index (χ0v) is 13.1. The molecule has 122 valence electrons. The first-order valence-corrected chi connectivity index (χ1v) is 7.62. The molecule has 1 aliphatic rings. The molecule has 2 amide bonds. The molecule has 0 heterocycles. The number of nitrogens with one attached hydrogen (secondary N) is 2. The Labute approximate surface area is 130 Å². The molecule has 0 saturated heterocycles. The number of carbonyl (C=O) groups is 1. The monoisotopic (exact) mass is 308 g/mol. The van der Waals surface area contributed by atoms with Crippen LogP contribution in [0.4, 0.5) is 4.79 Å². The number of urea groups is 1. The first-order chi connectivity index (χ1) is 10.6. The van der Waals surface area contributed by atoms with Gasteiger partial charge in [0.05, 0.1) is 14.2 Å². The van der Waals surface area contributed by atoms with Crippen molar-refractivity contribution in [2.75, 3.05) is 14.2 Å². The molecule has 1 aromatic carbocycles. The number of hydrogen-bond acceptors (Lipinski definition) is 4. The molecule has 0 atom stereocenters. The summed E-state index contributed by atoms with van der Waals surface area (Å²) in [4.78, 5) is 11.9. The minimum Gasteiger partial charge on any atom is -0.502 e. The topological polar surface area (TPSA) is 79.8 Å². The Balaban J connectivity index is 1.91. The summed E-state index contributed by atoms with van der Waals surface area (Å²) in [6.45, 7) is 0.339. The van der Waals surface area contributed by atoms with Crippen molar-refractivity contribution in [2.45, 2.75) is 44.7 Å². The average molecular weight is 308 g/mol. The van der Waals surface area contributed by atoms with Crippen molar-refractivity contribution in [3.63, 3.8) is 0 Å². The number of amides is 2. The summed E-state index contributed by atoms with van der Waals surface area (Å²) >= 11 is 0. The van der Waals surface area contributed by atoms with E-state index in [1.807, 2.05) is 0 Å². The smallest absolute Gasteiger partial charge is 0.315 e. The van der Waals surface area contributed by atoms with Gasteiger partial charge in [0, 0.05) is 12.6 Å². The molecule has 0 aromatic heterocycles. The van der Waals surface area contributed by atoms with Crippen LogP contribution in [0.3, 0.4) is 0 Å². The van der Waals surface area contributed by atoms with Crippen LogP contribution in [0.1, 0.15) is 37.7 Å². The third-order valence-electron chi connectivity index (χ3n) is 3.93. The molecule has 1 saturated carbocycles. The molecule has 6 nitrogen and oxygen atoms in total. The summed E-state index contributed by atoms with van der Waals surface area (Å²) < 4.78 is 10.2. The molecule has 0 bridgehead atoms. The Morgan fingerprint density at radius 3 is 2.32 bits per heavy atom. The Bertz CT molecular complexity index is 488. The van der Waals surface area contributed by atoms with Crippen molar-refractivity contribution < 1.29 is 19.4 Å². The van der Waals surface area contributed by atoms with Gasteiger partial charge < -0.3 is 25.2 Å². The minimum atomic E-state index is -0.169. The normalized spacial score (nSPS) is 15.2. The fourth-order valence-corrected chi connectivity index (χ4v) is 2.72. The predicted molar refractivity (Wildman–Crippen MR) is 83.5 cm³/mol. The van der Waals surface area contributed by atoms with Gasteiger partial charge in [-0.3, -0.25) is 0 Å². The van der Waals surface area contributed by atoms with Gasteiger partial charge in [0.15, 0.2) is 11.5 Å². The van der Waals surface area contributed by atoms with Crippen LogP contribution in [0.5, 0.6) is 17.2 Å². The van der Waals surface area contributed by atoms with Crippen molar-refractivity contribution in [1.82, 2.24) is 10.6 Å². The SMILES string of the molecule is COc1cc(CNC(=O)NC2CCCCC2)cc(OC)c1O. The van der Waals surface area contributed by atoms with Crippen molar-refractivity contribution in [2.24, 2.45) is 0 Å². The molecule has 22 heavy (non-hydrogen) atoms. The lowest BCUT2D eigenvalue weighted by Gasteiger charge is -2.23. The molecule has 1 aromatic rings. The van der Waals surface area contributed by atoms with Crippen LogP contribution >= 0.6 is 0 Å². The van der Waals surface area contributed by atoms with Crippen LogP contribution in [0, 0.1) is 0 Å². The van der Waals surface area contributed by atoms with Crippen molar-refractivity contribution in [3.8, 4) is 17.2 Å². The Morgan fingerprint density at radius 2 is 1.77 bits per heavy atom. The van der Waals surface area contributed by atoms with Crippen LogP contribution in [0.15, 0.2) is 12.1 Å². The van der Waals surface area contributed by atoms with Gasteiger partial charge in [-0.25, -0.2) is 4.79 Å². The van der Waals surface area contributed by atoms with Crippen LogP contribution in [0.2, 0.25) is 0 Å². The summed E-state index contributed by atoms with van der Waals surface area (Å²) in [5.74, 6) is 0.605. The van der Waals surface area contributed by atoms with Gasteiger partial charge in [-0.1, -0.05) is 19.3 Å². The van der Waals surface area contributed by atoms with Crippen LogP contribution in [-0.4, -0.2) is 31.4 Å². The molecule has 1 fully saturated rings. The highest BCUT2D eigenvalue weighted by molar-refractivity contribution is 5.74. The molecular weight excluding hydrogens is 284 g/mol. The number of carbonyl (C=O) groups excluding carboxylic acids is 1. The van der Waals surface area contributed by atoms with E-state index in [0.717, 1.165) is 18.4 Å². The fourth-order valence-electron chi connectivity index (χ4n) is 2.72. The number of aromatic hydroxyl groups is 1. The summed E-state index contributed by atoms with van der Waals surface area (Å²) in [5.41, 5.74) is 0.797. The van der Waals surface area contributed by atoms with E-state index >= 15 is 0 Å². The molecule has 0 radical (unpaired) electrons. The Hall–Kier alpha value is -2.11. The summed E-state index contributed by atoms with van der Waals surface area (Å²) in [6.07, 6.45) is 5.71. The van der Waals surface area contributed by atoms with E-state index in [4.69, 9.17) is 9.47 Å². The van der Waals surface area contributed by atoms with E-state index < -0.39 is 0 Å². The largest absolute Gasteiger partial charge is 0.502 e. The number of hydrogen-bond donors (Lipinski definition) is 3. The van der Waals surface area contributed by atoms with Crippen LogP contribution in [-0.2, 0) is 6.54 Å². The van der Waals surface area contributed by atoms with E-state index in [9.17, 15) is 9.90 Å². The van der Waals surface area contributed by atoms with E-state index in [-0.39, 0.29) is 17.8 Å². The second-order valence-corrected chi connectivity index (χ2v) is 5.51. The quantitative estimate of drug-likeness (QED) is 0.781. The van der Waals surface area contributed by atoms with E-state index in [0.29, 0.717) is 18.0 Å². The molecule has 0 spiro atoms. The van der Waals surface area contributed by atoms with Crippen molar-refractivity contribution >= 4 is 6.03 Å². The second-order valence-electron chi connectivity index (χ2n) is 5.51. The lowest BCUT2D eigenvalue weighted by atomic mass is 9.96. The zero-order valence-electron chi connectivity index (χ0n) is 13.1. The molecule has 0 unspecified atom stereocenters. The van der Waals surface area contributed by atoms with Gasteiger partial charge in [0.2, 0.25) is 5.75 Å². The van der Waals surface area contributed by atoms with Gasteiger partial charge in [0.1, 0.15) is 0 Å². The summed E-state index contributed by atoms with van der Waals surface area (Å²) in [6, 6.07) is 3.47. The molecule has 3 N–H and O–H groups in total. The highest BCUT2D eigenvalue weighted by atomic mass is 16.5. The summed E-state index contributed by atoms with van der Waals surface area (Å²) in [5, 5.41) is 15.7. The number of phenols is 1. The van der Waals surface area contributed by atoms with Gasteiger partial charge in [0.25, 0.3) is 0 Å². The lowest BCUT2D eigenvalue weighted by Crippen LogP contribution is -2.42. The third kappa shape index (κ3) is 4.19. The second kappa shape index (κ2) is 7.77. The maximum Gasteiger partial charge on any atom is 0.315 e. The van der Waals surface area contributed by atoms with Gasteiger partial charge in [-0.05, 0) is 30.5 Å². The first-order valence-electron chi connectivity index (χ1n) is 7.62. The van der Waals surface area contributed by atoms with Crippen LogP contribution < -0.4 is 20.1 Å². The molecule has 6 heteroatoms. The number of phenolic OH excluding ortho intramolecular Hbond substituents is 1. The number of benzene rings is 1. The highest BCUT2D eigenvalue weighted by Crippen LogP contribution is 2.36. The zero-order chi connectivity index (χ0) is 15.9. The fraction of sp³-hybridized carbons (Fsp3) is 0.562. The van der Waals surface area contributed by atoms with Crippen molar-refractivity contribution in [3.05, 3.63) is 17.7 Å². The van der Waals surface area contributed by atoms with Crippen molar-refractivity contribution in [1.29, 1.82) is 0 Å². The van der Waals surface area contributed by atoms with Gasteiger partial charge in [-0.2, -0.15) is 0 Å². The maximum absolute atomic E-state index is 11.9. The summed E-state index contributed by atoms with van der Waals surface area (Å²) in [7, 11) is 2.95. The van der Waals surface area contributed by atoms with Gasteiger partial charge in [-0.15, -0.1) is 0 Å². The Kier molecular flexibility index (Phi) is 5.75. The van der Waals surface area contributed by atoms with E-state index in [2.05, 4.69) is 10.6 Å². The number of ether oxygens (including phenoxy) is 2. The maximum atomic E-state index is 11.9. The highest BCUT2D eigenvalue weighted by Gasteiger charge is 2.16. The first kappa shape index (κ1) is 16.3. The third-order valence-corrected chi connectivity index (χ3v) is 3.93. The van der Waals surface area contributed by atoms with E-state index in [1.165, 1.54) is 33.5 Å². The van der Waals surface area contributed by atoms with E-state index in [1.54, 1.807) is 12.1 Å². The molecule has 2 rings (SSSR count). The lowest BCUT2D eigenvalue weighted by molar-refractivity contribution is 0.232.